The van der Waals surface area contributed by atoms with Crippen LogP contribution in [0.3, 0.4) is 0 Å². The van der Waals surface area contributed by atoms with Crippen LogP contribution in [0.4, 0.5) is 0 Å². The SMILES string of the molecule is [La+3].[OH+]=C([CH-]C(=[OH+])c1ccccc1)c1ccccc1.[OH+]=C([CH-]C(=[OH+])c1ccccc1)c1ccccc1.[OH-]. The van der Waals surface area contributed by atoms with Gasteiger partial charge in [0.1, 0.15) is 0 Å². The fourth-order valence-corrected chi connectivity index (χ4v) is 3.03. The second-order valence-electron chi connectivity index (χ2n) is 7.29. The molecule has 176 valence electrons. The van der Waals surface area contributed by atoms with E-state index >= 15 is 0 Å². The Labute approximate surface area is 238 Å². The monoisotopic (exact) mass is 606 g/mol. The van der Waals surface area contributed by atoms with Crippen molar-refractivity contribution < 1.29 is 60.3 Å². The minimum atomic E-state index is 0. The first-order valence-electron chi connectivity index (χ1n) is 10.7. The maximum atomic E-state index is 9.83. The molecule has 36 heavy (non-hydrogen) atoms. The van der Waals surface area contributed by atoms with Gasteiger partial charge < -0.3 is 24.7 Å². The van der Waals surface area contributed by atoms with Crippen LogP contribution in [0.25, 0.3) is 0 Å². The van der Waals surface area contributed by atoms with Gasteiger partial charge in [0, 0.05) is 12.8 Å². The summed E-state index contributed by atoms with van der Waals surface area (Å²) in [4.78, 5) is 39.3. The molecule has 0 radical (unpaired) electrons. The minimum absolute atomic E-state index is 0. The third-order valence-electron chi connectivity index (χ3n) is 4.83. The minimum Gasteiger partial charge on any atom is -0.870 e. The molecule has 0 heterocycles. The number of hydrogen-bond donors (Lipinski definition) is 0. The Hall–Kier alpha value is -3.55. The van der Waals surface area contributed by atoms with Crippen molar-refractivity contribution >= 4 is 23.1 Å². The summed E-state index contributed by atoms with van der Waals surface area (Å²) >= 11 is 0. The van der Waals surface area contributed by atoms with Crippen LogP contribution in [-0.4, -0.2) is 47.8 Å². The van der Waals surface area contributed by atoms with Gasteiger partial charge in [-0.15, -0.1) is 48.5 Å². The average Bonchev–Trinajstić information content (AvgIpc) is 2.91. The average molecular weight is 606 g/mol. The Balaban J connectivity index is 0.000000341. The summed E-state index contributed by atoms with van der Waals surface area (Å²) in [6.45, 7) is 0. The normalized spacial score (nSPS) is 9.11. The Morgan fingerprint density at radius 3 is 0.694 bits per heavy atom. The van der Waals surface area contributed by atoms with Gasteiger partial charge in [0.2, 0.25) is 0 Å². The molecule has 0 saturated carbocycles. The standard InChI is InChI=1S/2C15H11O2.La.H2O/c2*16-14(12-7-3-1-4-8-12)11-15(17)13-9-5-2-6-10-13;;/h2*1-11H;;1H2/q2*-1;+3;/p+3. The zero-order chi connectivity index (χ0) is 24.2. The van der Waals surface area contributed by atoms with E-state index in [9.17, 15) is 19.2 Å². The predicted molar refractivity (Wildman–Crippen MR) is 140 cm³/mol. The Bertz CT molecular complexity index is 1040. The van der Waals surface area contributed by atoms with Crippen molar-refractivity contribution in [3.05, 3.63) is 156 Å². The molecular weight excluding hydrogens is 579 g/mol. The van der Waals surface area contributed by atoms with Crippen LogP contribution < -0.4 is 0 Å². The summed E-state index contributed by atoms with van der Waals surface area (Å²) in [5, 5.41) is 0. The van der Waals surface area contributed by atoms with E-state index in [1.807, 2.05) is 72.8 Å². The summed E-state index contributed by atoms with van der Waals surface area (Å²) in [5.41, 5.74) is 2.70. The first kappa shape index (κ1) is 30.5. The summed E-state index contributed by atoms with van der Waals surface area (Å²) in [6, 6.07) is 36.4. The van der Waals surface area contributed by atoms with Gasteiger partial charge in [0.05, 0.1) is 0 Å². The van der Waals surface area contributed by atoms with Crippen molar-refractivity contribution in [3.63, 3.8) is 0 Å². The van der Waals surface area contributed by atoms with Gasteiger partial charge in [-0.25, -0.2) is 0 Å². The predicted octanol–water partition coefficient (Wildman–Crippen LogP) is 4.58. The summed E-state index contributed by atoms with van der Waals surface area (Å²) in [7, 11) is 0. The first-order chi connectivity index (χ1) is 16.5. The fraction of sp³-hybridized carbons (Fsp3) is 0. The van der Waals surface area contributed by atoms with E-state index in [1.54, 1.807) is 48.5 Å². The van der Waals surface area contributed by atoms with E-state index in [2.05, 4.69) is 0 Å². The van der Waals surface area contributed by atoms with Crippen LogP contribution in [-0.2, 0) is 0 Å². The van der Waals surface area contributed by atoms with Crippen LogP contribution in [0.1, 0.15) is 22.3 Å². The first-order valence-corrected chi connectivity index (χ1v) is 10.7. The molecule has 0 aromatic heterocycles. The zero-order valence-electron chi connectivity index (χ0n) is 19.5. The molecule has 0 aliphatic heterocycles. The second kappa shape index (κ2) is 16.2. The fourth-order valence-electron chi connectivity index (χ4n) is 3.03. The van der Waals surface area contributed by atoms with Crippen molar-refractivity contribution in [2.75, 3.05) is 0 Å². The summed E-state index contributed by atoms with van der Waals surface area (Å²) < 4.78 is 0. The molecule has 5 nitrogen and oxygen atoms in total. The summed E-state index contributed by atoms with van der Waals surface area (Å²) in [5.74, 6) is 0.192. The van der Waals surface area contributed by atoms with Crippen LogP contribution in [0.5, 0.6) is 0 Å². The molecular formula is C30H27LaO5+4. The van der Waals surface area contributed by atoms with E-state index in [1.165, 1.54) is 12.8 Å². The van der Waals surface area contributed by atoms with Crippen LogP contribution in [0.15, 0.2) is 121 Å². The van der Waals surface area contributed by atoms with E-state index in [4.69, 9.17) is 0 Å². The van der Waals surface area contributed by atoms with Crippen molar-refractivity contribution in [3.8, 4) is 0 Å². The number of ketones is 4. The van der Waals surface area contributed by atoms with Gasteiger partial charge in [-0.3, -0.25) is 0 Å². The molecule has 0 saturated heterocycles. The van der Waals surface area contributed by atoms with Gasteiger partial charge >= 0.3 is 35.6 Å². The van der Waals surface area contributed by atoms with Crippen LogP contribution in [0.2, 0.25) is 0 Å². The molecule has 0 aliphatic rings. The molecule has 0 unspecified atom stereocenters. The third-order valence-corrected chi connectivity index (χ3v) is 4.83. The van der Waals surface area contributed by atoms with Gasteiger partial charge in [0.25, 0.3) is 23.1 Å². The molecule has 0 bridgehead atoms. The Morgan fingerprint density at radius 2 is 0.528 bits per heavy atom. The maximum Gasteiger partial charge on any atom is 3.00 e. The molecule has 4 aromatic rings. The van der Waals surface area contributed by atoms with Gasteiger partial charge in [-0.1, -0.05) is 72.8 Å². The maximum absolute atomic E-state index is 9.83. The van der Waals surface area contributed by atoms with E-state index in [0.29, 0.717) is 22.3 Å². The number of hydrogen-bond acceptors (Lipinski definition) is 1. The van der Waals surface area contributed by atoms with E-state index in [0.717, 1.165) is 0 Å². The quantitative estimate of drug-likeness (QED) is 0.124. The van der Waals surface area contributed by atoms with Crippen molar-refractivity contribution in [2.45, 2.75) is 0 Å². The topological polar surface area (TPSA) is 116 Å². The smallest absolute Gasteiger partial charge is 0.870 e. The van der Waals surface area contributed by atoms with Crippen molar-refractivity contribution in [1.82, 2.24) is 0 Å². The van der Waals surface area contributed by atoms with Crippen molar-refractivity contribution in [1.29, 1.82) is 0 Å². The van der Waals surface area contributed by atoms with Gasteiger partial charge in [-0.05, 0) is 22.3 Å². The van der Waals surface area contributed by atoms with E-state index < -0.39 is 0 Å². The second-order valence-corrected chi connectivity index (χ2v) is 7.29. The molecule has 0 fully saturated rings. The largest absolute Gasteiger partial charge is 3.00 e. The van der Waals surface area contributed by atoms with E-state index in [-0.39, 0.29) is 64.2 Å². The van der Waals surface area contributed by atoms with Gasteiger partial charge in [-0.2, -0.15) is 0 Å². The summed E-state index contributed by atoms with van der Waals surface area (Å²) in [6.07, 6.45) is 2.70. The molecule has 0 aliphatic carbocycles. The van der Waals surface area contributed by atoms with Crippen LogP contribution in [0, 0.1) is 48.4 Å². The molecule has 6 heteroatoms. The number of rotatable bonds is 8. The zero-order valence-corrected chi connectivity index (χ0v) is 23.1. The molecule has 5 N–H and O–H groups in total. The molecule has 0 atom stereocenters. The molecule has 0 spiro atoms. The number of benzene rings is 4. The van der Waals surface area contributed by atoms with Crippen LogP contribution >= 0.6 is 0 Å². The van der Waals surface area contributed by atoms with Crippen molar-refractivity contribution in [2.24, 2.45) is 0 Å². The molecule has 0 amide bonds. The molecule has 4 rings (SSSR count). The third kappa shape index (κ3) is 9.60. The number of carbonyl (C=O) groups excluding carboxylic acids is 4. The Morgan fingerprint density at radius 1 is 0.361 bits per heavy atom. The molecule has 4 aromatic carbocycles. The Kier molecular flexibility index (Phi) is 13.7. The van der Waals surface area contributed by atoms with Gasteiger partial charge in [0.15, 0.2) is 0 Å².